The van der Waals surface area contributed by atoms with Gasteiger partial charge in [0, 0.05) is 12.5 Å². The Kier molecular flexibility index (Phi) is 12.5. The van der Waals surface area contributed by atoms with E-state index in [1.807, 2.05) is 37.4 Å². The number of phenols is 2. The van der Waals surface area contributed by atoms with E-state index in [1.54, 1.807) is 18.2 Å². The summed E-state index contributed by atoms with van der Waals surface area (Å²) in [5.74, 6) is 0.160. The van der Waals surface area contributed by atoms with Crippen LogP contribution in [0.15, 0.2) is 97.1 Å². The molecule has 3 N–H and O–H groups in total. The van der Waals surface area contributed by atoms with Gasteiger partial charge in [-0.1, -0.05) is 42.5 Å². The Bertz CT molecular complexity index is 1380. The standard InChI is InChI=1S/C17H18F3NO.C14H12O4.ClH/c1-21-12-11-16(13-5-3-2-4-6-13)22-15-9-7-14(8-10-15)17(18,19)20;1-18-9-6-7-11(13(16)8-9)14(17)10-4-2-3-5-12(10)15;/h2-10,16,21H,11-12H2,1H3;2-8,15-16H,1H3;1H. The van der Waals surface area contributed by atoms with Gasteiger partial charge in [-0.15, -0.1) is 12.4 Å². The zero-order valence-corrected chi connectivity index (χ0v) is 23.2. The highest BCUT2D eigenvalue weighted by Gasteiger charge is 2.30. The maximum absolute atomic E-state index is 12.6. The number of aromatic hydroxyl groups is 2. The Labute approximate surface area is 242 Å². The minimum absolute atomic E-state index is 0. The molecule has 0 saturated carbocycles. The van der Waals surface area contributed by atoms with Crippen molar-refractivity contribution in [3.8, 4) is 23.0 Å². The molecule has 0 saturated heterocycles. The minimum Gasteiger partial charge on any atom is -0.507 e. The molecule has 0 amide bonds. The van der Waals surface area contributed by atoms with Gasteiger partial charge in [-0.05, 0) is 67.7 Å². The van der Waals surface area contributed by atoms with Crippen molar-refractivity contribution in [1.29, 1.82) is 0 Å². The fraction of sp³-hybridized carbons (Fsp3) is 0.194. The van der Waals surface area contributed by atoms with Crippen LogP contribution in [-0.2, 0) is 6.18 Å². The Morgan fingerprint density at radius 2 is 1.41 bits per heavy atom. The summed E-state index contributed by atoms with van der Waals surface area (Å²) in [6.07, 6.45) is -3.81. The van der Waals surface area contributed by atoms with Gasteiger partial charge >= 0.3 is 6.18 Å². The largest absolute Gasteiger partial charge is 0.507 e. The van der Waals surface area contributed by atoms with Gasteiger partial charge in [0.15, 0.2) is 5.78 Å². The summed E-state index contributed by atoms with van der Waals surface area (Å²) < 4.78 is 48.5. The zero-order valence-electron chi connectivity index (χ0n) is 22.4. The lowest BCUT2D eigenvalue weighted by Crippen LogP contribution is -2.16. The molecule has 218 valence electrons. The number of hydrogen-bond acceptors (Lipinski definition) is 6. The topological polar surface area (TPSA) is 88.0 Å². The van der Waals surface area contributed by atoms with Crippen LogP contribution in [-0.4, -0.2) is 36.7 Å². The van der Waals surface area contributed by atoms with Crippen LogP contribution in [0.2, 0.25) is 0 Å². The molecule has 0 heterocycles. The molecule has 0 radical (unpaired) electrons. The van der Waals surface area contributed by atoms with Crippen molar-refractivity contribution in [1.82, 2.24) is 5.32 Å². The summed E-state index contributed by atoms with van der Waals surface area (Å²) in [5.41, 5.74) is 0.597. The zero-order chi connectivity index (χ0) is 29.1. The van der Waals surface area contributed by atoms with Gasteiger partial charge in [0.2, 0.25) is 0 Å². The predicted octanol–water partition coefficient (Wildman–Crippen LogP) is 7.19. The summed E-state index contributed by atoms with van der Waals surface area (Å²) in [5, 5.41) is 22.4. The van der Waals surface area contributed by atoms with Gasteiger partial charge in [0.05, 0.1) is 23.8 Å². The van der Waals surface area contributed by atoms with E-state index in [4.69, 9.17) is 9.47 Å². The van der Waals surface area contributed by atoms with Crippen LogP contribution in [0.25, 0.3) is 0 Å². The molecular formula is C31H31ClF3NO5. The number of ether oxygens (including phenoxy) is 2. The second kappa shape index (κ2) is 15.5. The van der Waals surface area contributed by atoms with Crippen LogP contribution in [0, 0.1) is 0 Å². The molecule has 1 atom stereocenters. The fourth-order valence-corrected chi connectivity index (χ4v) is 3.76. The number of methoxy groups -OCH3 is 1. The Morgan fingerprint density at radius 1 is 0.829 bits per heavy atom. The fourth-order valence-electron chi connectivity index (χ4n) is 3.76. The summed E-state index contributed by atoms with van der Waals surface area (Å²) in [6.45, 7) is 0.750. The highest BCUT2D eigenvalue weighted by molar-refractivity contribution is 6.12. The lowest BCUT2D eigenvalue weighted by atomic mass is 10.0. The van der Waals surface area contributed by atoms with Crippen molar-refractivity contribution < 1.29 is 37.7 Å². The molecule has 1 unspecified atom stereocenters. The SMILES string of the molecule is CNCCC(Oc1ccc(C(F)(F)F)cc1)c1ccccc1.COc1ccc(C(=O)c2ccccc2O)c(O)c1.Cl. The number of hydrogen-bond donors (Lipinski definition) is 3. The van der Waals surface area contributed by atoms with E-state index in [1.165, 1.54) is 43.5 Å². The molecule has 6 nitrogen and oxygen atoms in total. The maximum Gasteiger partial charge on any atom is 0.416 e. The van der Waals surface area contributed by atoms with E-state index >= 15 is 0 Å². The second-order valence-electron chi connectivity index (χ2n) is 8.66. The molecule has 0 aromatic heterocycles. The van der Waals surface area contributed by atoms with Crippen molar-refractivity contribution in [3.63, 3.8) is 0 Å². The highest BCUT2D eigenvalue weighted by atomic mass is 35.5. The molecule has 0 aliphatic heterocycles. The third kappa shape index (κ3) is 9.44. The molecule has 10 heteroatoms. The van der Waals surface area contributed by atoms with Crippen molar-refractivity contribution in [3.05, 3.63) is 119 Å². The number of benzene rings is 4. The Morgan fingerprint density at radius 3 is 1.98 bits per heavy atom. The maximum atomic E-state index is 12.6. The first-order valence-electron chi connectivity index (χ1n) is 12.4. The number of ketones is 1. The number of carbonyl (C=O) groups excluding carboxylic acids is 1. The monoisotopic (exact) mass is 589 g/mol. The Balaban J connectivity index is 0.000000285. The summed E-state index contributed by atoms with van der Waals surface area (Å²) >= 11 is 0. The van der Waals surface area contributed by atoms with E-state index < -0.39 is 17.5 Å². The van der Waals surface area contributed by atoms with Gasteiger partial charge in [0.1, 0.15) is 29.1 Å². The molecule has 0 aliphatic rings. The lowest BCUT2D eigenvalue weighted by Gasteiger charge is -2.20. The van der Waals surface area contributed by atoms with Crippen LogP contribution < -0.4 is 14.8 Å². The summed E-state index contributed by atoms with van der Waals surface area (Å²) in [6, 6.07) is 25.0. The van der Waals surface area contributed by atoms with Gasteiger partial charge in [-0.2, -0.15) is 13.2 Å². The summed E-state index contributed by atoms with van der Waals surface area (Å²) in [7, 11) is 3.32. The van der Waals surface area contributed by atoms with Crippen LogP contribution in [0.4, 0.5) is 13.2 Å². The summed E-state index contributed by atoms with van der Waals surface area (Å²) in [4.78, 5) is 12.1. The number of nitrogens with one attached hydrogen (secondary N) is 1. The van der Waals surface area contributed by atoms with Crippen molar-refractivity contribution >= 4 is 18.2 Å². The second-order valence-corrected chi connectivity index (χ2v) is 8.66. The first-order valence-corrected chi connectivity index (χ1v) is 12.4. The van der Waals surface area contributed by atoms with Gasteiger partial charge in [-0.25, -0.2) is 0 Å². The number of rotatable bonds is 9. The number of para-hydroxylation sites is 1. The number of halogens is 4. The molecule has 41 heavy (non-hydrogen) atoms. The number of carbonyl (C=O) groups is 1. The van der Waals surface area contributed by atoms with Crippen molar-refractivity contribution in [2.24, 2.45) is 0 Å². The first kappa shape index (κ1) is 33.0. The molecular weight excluding hydrogens is 559 g/mol. The molecule has 0 aliphatic carbocycles. The van der Waals surface area contributed by atoms with Crippen LogP contribution >= 0.6 is 12.4 Å². The van der Waals surface area contributed by atoms with E-state index in [2.05, 4.69) is 5.32 Å². The van der Waals surface area contributed by atoms with Crippen molar-refractivity contribution in [2.75, 3.05) is 20.7 Å². The van der Waals surface area contributed by atoms with E-state index in [0.717, 1.165) is 30.7 Å². The molecule has 0 bridgehead atoms. The molecule has 4 aromatic rings. The average molecular weight is 590 g/mol. The minimum atomic E-state index is -4.33. The first-order chi connectivity index (χ1) is 19.1. The van der Waals surface area contributed by atoms with E-state index in [9.17, 15) is 28.2 Å². The molecule has 4 rings (SSSR count). The molecule has 0 fully saturated rings. The Hall–Kier alpha value is -4.21. The predicted molar refractivity (Wildman–Crippen MR) is 153 cm³/mol. The quantitative estimate of drug-likeness (QED) is 0.179. The van der Waals surface area contributed by atoms with Crippen LogP contribution in [0.3, 0.4) is 0 Å². The highest BCUT2D eigenvalue weighted by Crippen LogP contribution is 2.32. The normalized spacial score (nSPS) is 11.3. The number of phenolic OH excluding ortho intramolecular Hbond substituents is 2. The third-order valence-electron chi connectivity index (χ3n) is 5.89. The average Bonchev–Trinajstić information content (AvgIpc) is 2.95. The van der Waals surface area contributed by atoms with Crippen LogP contribution in [0.5, 0.6) is 23.0 Å². The smallest absolute Gasteiger partial charge is 0.416 e. The lowest BCUT2D eigenvalue weighted by molar-refractivity contribution is -0.137. The van der Waals surface area contributed by atoms with Gasteiger partial charge in [-0.3, -0.25) is 4.79 Å². The molecule has 4 aromatic carbocycles. The van der Waals surface area contributed by atoms with Crippen LogP contribution in [0.1, 0.15) is 39.6 Å². The number of alkyl halides is 3. The van der Waals surface area contributed by atoms with Gasteiger partial charge in [0.25, 0.3) is 0 Å². The molecule has 0 spiro atoms. The van der Waals surface area contributed by atoms with E-state index in [0.29, 0.717) is 11.5 Å². The third-order valence-corrected chi connectivity index (χ3v) is 5.89. The van der Waals surface area contributed by atoms with E-state index in [-0.39, 0.29) is 41.1 Å². The van der Waals surface area contributed by atoms with Gasteiger partial charge < -0.3 is 25.0 Å². The van der Waals surface area contributed by atoms with Crippen molar-refractivity contribution in [2.45, 2.75) is 18.7 Å².